The molecule has 2 aliphatic carbocycles. The van der Waals surface area contributed by atoms with Crippen LogP contribution < -0.4 is 5.32 Å². The molecule has 2 heteroatoms. The van der Waals surface area contributed by atoms with Gasteiger partial charge < -0.3 is 5.32 Å². The van der Waals surface area contributed by atoms with Crippen LogP contribution in [0.15, 0.2) is 0 Å². The molecule has 0 amide bonds. The molecule has 0 aromatic heterocycles. The van der Waals surface area contributed by atoms with Gasteiger partial charge in [-0.05, 0) is 63.7 Å². The molecule has 0 aromatic carbocycles. The Hall–Kier alpha value is -0.0800. The van der Waals surface area contributed by atoms with Gasteiger partial charge in [0, 0.05) is 30.7 Å². The summed E-state index contributed by atoms with van der Waals surface area (Å²) in [6.45, 7) is 12.3. The highest BCUT2D eigenvalue weighted by molar-refractivity contribution is 5.05. The van der Waals surface area contributed by atoms with Gasteiger partial charge in [-0.15, -0.1) is 0 Å². The Kier molecular flexibility index (Phi) is 3.68. The summed E-state index contributed by atoms with van der Waals surface area (Å²) < 4.78 is 0. The third-order valence-corrected chi connectivity index (χ3v) is 6.17. The van der Waals surface area contributed by atoms with Crippen molar-refractivity contribution in [3.63, 3.8) is 0 Å². The quantitative estimate of drug-likeness (QED) is 0.823. The normalized spacial score (nSPS) is 49.3. The second kappa shape index (κ2) is 5.04. The van der Waals surface area contributed by atoms with E-state index in [0.717, 1.165) is 23.8 Å². The van der Waals surface area contributed by atoms with Gasteiger partial charge in [0.25, 0.3) is 0 Å². The summed E-state index contributed by atoms with van der Waals surface area (Å²) in [7, 11) is 0. The molecule has 19 heavy (non-hydrogen) atoms. The first-order valence-electron chi connectivity index (χ1n) is 8.50. The lowest BCUT2D eigenvalue weighted by Crippen LogP contribution is -2.66. The summed E-state index contributed by atoms with van der Waals surface area (Å²) in [5.74, 6) is 2.77. The van der Waals surface area contributed by atoms with Crippen LogP contribution in [0.3, 0.4) is 0 Å². The lowest BCUT2D eigenvalue weighted by Gasteiger charge is -2.51. The van der Waals surface area contributed by atoms with Gasteiger partial charge in [0.15, 0.2) is 0 Å². The summed E-state index contributed by atoms with van der Waals surface area (Å²) in [5, 5.41) is 3.86. The van der Waals surface area contributed by atoms with Gasteiger partial charge in [-0.3, -0.25) is 4.90 Å². The zero-order chi connectivity index (χ0) is 13.6. The second-order valence-electron chi connectivity index (χ2n) is 8.06. The fraction of sp³-hybridized carbons (Fsp3) is 1.00. The fourth-order valence-corrected chi connectivity index (χ4v) is 4.67. The predicted molar refractivity (Wildman–Crippen MR) is 81.3 cm³/mol. The van der Waals surface area contributed by atoms with E-state index in [0.29, 0.717) is 11.6 Å². The van der Waals surface area contributed by atoms with Gasteiger partial charge in [-0.25, -0.2) is 0 Å². The van der Waals surface area contributed by atoms with Crippen LogP contribution in [0.1, 0.15) is 59.8 Å². The van der Waals surface area contributed by atoms with Crippen LogP contribution in [0.5, 0.6) is 0 Å². The summed E-state index contributed by atoms with van der Waals surface area (Å²) in [6, 6.07) is 1.55. The Bertz CT molecular complexity index is 325. The van der Waals surface area contributed by atoms with Gasteiger partial charge in [0.2, 0.25) is 0 Å². The Morgan fingerprint density at radius 3 is 2.42 bits per heavy atom. The Morgan fingerprint density at radius 2 is 1.79 bits per heavy atom. The molecule has 0 bridgehead atoms. The van der Waals surface area contributed by atoms with Crippen LogP contribution in [0.25, 0.3) is 0 Å². The molecule has 1 aliphatic heterocycles. The van der Waals surface area contributed by atoms with Crippen LogP contribution in [-0.4, -0.2) is 35.6 Å². The lowest BCUT2D eigenvalue weighted by atomic mass is 9.77. The molecule has 0 aromatic rings. The molecule has 2 nitrogen and oxygen atoms in total. The van der Waals surface area contributed by atoms with E-state index in [2.05, 4.69) is 37.9 Å². The molecule has 0 spiro atoms. The van der Waals surface area contributed by atoms with Crippen molar-refractivity contribution in [1.82, 2.24) is 10.2 Å². The zero-order valence-corrected chi connectivity index (χ0v) is 13.3. The molecular formula is C17H32N2. The molecule has 1 N–H and O–H groups in total. The molecule has 3 rings (SSSR count). The van der Waals surface area contributed by atoms with E-state index in [-0.39, 0.29) is 0 Å². The van der Waals surface area contributed by atoms with Gasteiger partial charge in [-0.1, -0.05) is 13.8 Å². The van der Waals surface area contributed by atoms with Crippen molar-refractivity contribution in [3.05, 3.63) is 0 Å². The Morgan fingerprint density at radius 1 is 1.05 bits per heavy atom. The number of piperazine rings is 1. The van der Waals surface area contributed by atoms with Crippen LogP contribution >= 0.6 is 0 Å². The Balaban J connectivity index is 1.70. The SMILES string of the molecule is CC1CCC(N2CC(C)(C3CC3)NCC2C)C(C)C1. The van der Waals surface area contributed by atoms with Crippen molar-refractivity contribution in [2.75, 3.05) is 13.1 Å². The smallest absolute Gasteiger partial charge is 0.0309 e. The Labute approximate surface area is 119 Å². The molecule has 5 unspecified atom stereocenters. The highest BCUT2D eigenvalue weighted by Crippen LogP contribution is 2.43. The number of hydrogen-bond donors (Lipinski definition) is 1. The maximum Gasteiger partial charge on any atom is 0.0309 e. The van der Waals surface area contributed by atoms with Crippen molar-refractivity contribution < 1.29 is 0 Å². The van der Waals surface area contributed by atoms with E-state index in [1.54, 1.807) is 0 Å². The molecule has 3 fully saturated rings. The molecular weight excluding hydrogens is 232 g/mol. The molecule has 2 saturated carbocycles. The van der Waals surface area contributed by atoms with Gasteiger partial charge in [0.05, 0.1) is 0 Å². The van der Waals surface area contributed by atoms with Crippen molar-refractivity contribution in [2.45, 2.75) is 77.4 Å². The van der Waals surface area contributed by atoms with Crippen molar-refractivity contribution >= 4 is 0 Å². The number of hydrogen-bond acceptors (Lipinski definition) is 2. The maximum absolute atomic E-state index is 3.86. The van der Waals surface area contributed by atoms with Gasteiger partial charge in [0.1, 0.15) is 0 Å². The summed E-state index contributed by atoms with van der Waals surface area (Å²) in [6.07, 6.45) is 7.19. The minimum Gasteiger partial charge on any atom is -0.308 e. The molecule has 0 radical (unpaired) electrons. The maximum atomic E-state index is 3.86. The van der Waals surface area contributed by atoms with E-state index >= 15 is 0 Å². The van der Waals surface area contributed by atoms with E-state index in [1.807, 2.05) is 0 Å². The largest absolute Gasteiger partial charge is 0.308 e. The summed E-state index contributed by atoms with van der Waals surface area (Å²) >= 11 is 0. The van der Waals surface area contributed by atoms with E-state index in [9.17, 15) is 0 Å². The van der Waals surface area contributed by atoms with Crippen molar-refractivity contribution in [2.24, 2.45) is 17.8 Å². The molecule has 1 heterocycles. The monoisotopic (exact) mass is 264 g/mol. The average molecular weight is 264 g/mol. The number of nitrogens with one attached hydrogen (secondary N) is 1. The lowest BCUT2D eigenvalue weighted by molar-refractivity contribution is 0.00394. The summed E-state index contributed by atoms with van der Waals surface area (Å²) in [5.41, 5.74) is 0.398. The van der Waals surface area contributed by atoms with Crippen LogP contribution in [0.4, 0.5) is 0 Å². The molecule has 110 valence electrons. The zero-order valence-electron chi connectivity index (χ0n) is 13.3. The van der Waals surface area contributed by atoms with Gasteiger partial charge in [-0.2, -0.15) is 0 Å². The van der Waals surface area contributed by atoms with Crippen molar-refractivity contribution in [1.29, 1.82) is 0 Å². The second-order valence-corrected chi connectivity index (χ2v) is 8.06. The predicted octanol–water partition coefficient (Wildman–Crippen LogP) is 3.27. The third-order valence-electron chi connectivity index (χ3n) is 6.17. The first-order valence-corrected chi connectivity index (χ1v) is 8.50. The standard InChI is InChI=1S/C17H32N2/c1-12-5-8-16(13(2)9-12)19-11-17(4,15-6-7-15)18-10-14(19)3/h12-16,18H,5-11H2,1-4H3. The van der Waals surface area contributed by atoms with Crippen LogP contribution in [0, 0.1) is 17.8 Å². The number of nitrogens with zero attached hydrogens (tertiary/aromatic N) is 1. The van der Waals surface area contributed by atoms with Crippen LogP contribution in [-0.2, 0) is 0 Å². The van der Waals surface area contributed by atoms with E-state index in [1.165, 1.54) is 45.2 Å². The average Bonchev–Trinajstić information content (AvgIpc) is 3.17. The third kappa shape index (κ3) is 2.71. The first-order chi connectivity index (χ1) is 8.99. The minimum absolute atomic E-state index is 0.398. The minimum atomic E-state index is 0.398. The topological polar surface area (TPSA) is 15.3 Å². The van der Waals surface area contributed by atoms with Gasteiger partial charge >= 0.3 is 0 Å². The van der Waals surface area contributed by atoms with E-state index < -0.39 is 0 Å². The number of rotatable bonds is 2. The molecule has 1 saturated heterocycles. The summed E-state index contributed by atoms with van der Waals surface area (Å²) in [4.78, 5) is 2.87. The fourth-order valence-electron chi connectivity index (χ4n) is 4.67. The molecule has 3 aliphatic rings. The highest BCUT2D eigenvalue weighted by Gasteiger charge is 2.47. The highest BCUT2D eigenvalue weighted by atomic mass is 15.3. The molecule has 5 atom stereocenters. The van der Waals surface area contributed by atoms with Crippen molar-refractivity contribution in [3.8, 4) is 0 Å². The van der Waals surface area contributed by atoms with Crippen LogP contribution in [0.2, 0.25) is 0 Å². The van der Waals surface area contributed by atoms with E-state index in [4.69, 9.17) is 0 Å². The first kappa shape index (κ1) is 13.9.